The number of benzene rings is 1. The number of anilines is 1. The molecule has 0 amide bonds. The van der Waals surface area contributed by atoms with Gasteiger partial charge in [-0.1, -0.05) is 23.7 Å². The maximum absolute atomic E-state index is 9.96. The largest absolute Gasteiger partial charge is 0.353 e. The van der Waals surface area contributed by atoms with E-state index in [2.05, 4.69) is 27.9 Å². The maximum Gasteiger partial charge on any atom is 0.162 e. The van der Waals surface area contributed by atoms with Crippen LogP contribution >= 0.6 is 11.6 Å². The van der Waals surface area contributed by atoms with E-state index in [-0.39, 0.29) is 0 Å². The van der Waals surface area contributed by atoms with Crippen molar-refractivity contribution in [2.24, 2.45) is 0 Å². The van der Waals surface area contributed by atoms with Crippen LogP contribution in [0, 0.1) is 11.3 Å². The van der Waals surface area contributed by atoms with Crippen molar-refractivity contribution >= 4 is 17.4 Å². The minimum Gasteiger partial charge on any atom is -0.353 e. The van der Waals surface area contributed by atoms with Crippen molar-refractivity contribution in [2.75, 3.05) is 38.1 Å². The molecule has 6 nitrogen and oxygen atoms in total. The summed E-state index contributed by atoms with van der Waals surface area (Å²) in [6.07, 6.45) is 3.43. The van der Waals surface area contributed by atoms with Crippen LogP contribution in [0.5, 0.6) is 0 Å². The number of nitrogens with zero attached hydrogens (tertiary/aromatic N) is 6. The van der Waals surface area contributed by atoms with Gasteiger partial charge in [0.15, 0.2) is 11.6 Å². The van der Waals surface area contributed by atoms with Crippen molar-refractivity contribution in [3.8, 4) is 28.7 Å². The minimum absolute atomic E-state index is 0.490. The predicted molar refractivity (Wildman–Crippen MR) is 110 cm³/mol. The molecule has 0 spiro atoms. The van der Waals surface area contributed by atoms with Crippen LogP contribution < -0.4 is 4.90 Å². The lowest BCUT2D eigenvalue weighted by atomic mass is 10.1. The van der Waals surface area contributed by atoms with E-state index in [0.717, 1.165) is 37.3 Å². The summed E-state index contributed by atoms with van der Waals surface area (Å²) in [5, 5.41) is 10.6. The van der Waals surface area contributed by atoms with E-state index < -0.39 is 0 Å². The van der Waals surface area contributed by atoms with Crippen molar-refractivity contribution in [1.29, 1.82) is 5.26 Å². The number of rotatable bonds is 3. The number of likely N-dealkylation sites (N-methyl/N-ethyl adjacent to an activating group) is 1. The number of halogens is 1. The third-order valence-corrected chi connectivity index (χ3v) is 5.11. The first-order chi connectivity index (χ1) is 13.7. The standard InChI is InChI=1S/C21H19ClN6/c1-27-10-12-28(13-11-27)21-18(14-23)19(15-2-4-17(22)5-3-15)25-20(26-21)16-6-8-24-9-7-16/h2-9H,10-13H2,1H3. The molecule has 3 aromatic rings. The first kappa shape index (κ1) is 18.4. The van der Waals surface area contributed by atoms with Gasteiger partial charge in [-0.3, -0.25) is 4.98 Å². The van der Waals surface area contributed by atoms with E-state index >= 15 is 0 Å². The zero-order valence-electron chi connectivity index (χ0n) is 15.5. The van der Waals surface area contributed by atoms with Crippen molar-refractivity contribution in [3.05, 3.63) is 59.4 Å². The summed E-state index contributed by atoms with van der Waals surface area (Å²) >= 11 is 6.05. The number of pyridine rings is 1. The summed E-state index contributed by atoms with van der Waals surface area (Å²) in [6.45, 7) is 3.49. The fourth-order valence-electron chi connectivity index (χ4n) is 3.25. The molecule has 2 aromatic heterocycles. The van der Waals surface area contributed by atoms with Crippen molar-refractivity contribution in [3.63, 3.8) is 0 Å². The van der Waals surface area contributed by atoms with E-state index in [1.54, 1.807) is 12.4 Å². The molecule has 4 rings (SSSR count). The maximum atomic E-state index is 9.96. The van der Waals surface area contributed by atoms with Gasteiger partial charge in [-0.25, -0.2) is 9.97 Å². The Bertz CT molecular complexity index is 1010. The summed E-state index contributed by atoms with van der Waals surface area (Å²) in [5.74, 6) is 1.27. The first-order valence-corrected chi connectivity index (χ1v) is 9.45. The summed E-state index contributed by atoms with van der Waals surface area (Å²) in [4.78, 5) is 18.0. The number of aromatic nitrogens is 3. The van der Waals surface area contributed by atoms with Crippen molar-refractivity contribution in [2.45, 2.75) is 0 Å². The van der Waals surface area contributed by atoms with Gasteiger partial charge in [-0.05, 0) is 31.3 Å². The summed E-state index contributed by atoms with van der Waals surface area (Å²) in [7, 11) is 2.10. The molecular weight excluding hydrogens is 372 g/mol. The lowest BCUT2D eigenvalue weighted by Gasteiger charge is -2.34. The van der Waals surface area contributed by atoms with E-state index in [4.69, 9.17) is 21.6 Å². The fraction of sp³-hybridized carbons (Fsp3) is 0.238. The number of hydrogen-bond acceptors (Lipinski definition) is 6. The molecule has 0 radical (unpaired) electrons. The quantitative estimate of drug-likeness (QED) is 0.682. The number of hydrogen-bond donors (Lipinski definition) is 0. The molecule has 1 aliphatic heterocycles. The van der Waals surface area contributed by atoms with Gasteiger partial charge in [0.2, 0.25) is 0 Å². The van der Waals surface area contributed by atoms with Gasteiger partial charge in [-0.2, -0.15) is 5.26 Å². The van der Waals surface area contributed by atoms with Crippen LogP contribution in [0.3, 0.4) is 0 Å². The Morgan fingerprint density at radius 2 is 1.61 bits per heavy atom. The molecule has 1 aliphatic rings. The number of nitriles is 1. The second kappa shape index (κ2) is 7.93. The lowest BCUT2D eigenvalue weighted by Crippen LogP contribution is -2.45. The van der Waals surface area contributed by atoms with Crippen molar-refractivity contribution < 1.29 is 0 Å². The average molecular weight is 391 g/mol. The molecule has 0 N–H and O–H groups in total. The molecule has 0 unspecified atom stereocenters. The zero-order chi connectivity index (χ0) is 19.5. The molecule has 0 saturated carbocycles. The molecule has 28 heavy (non-hydrogen) atoms. The molecule has 0 aliphatic carbocycles. The molecule has 1 aromatic carbocycles. The van der Waals surface area contributed by atoms with Crippen LogP contribution in [0.25, 0.3) is 22.6 Å². The summed E-state index contributed by atoms with van der Waals surface area (Å²) < 4.78 is 0. The average Bonchev–Trinajstić information content (AvgIpc) is 2.74. The van der Waals surface area contributed by atoms with Gasteiger partial charge in [-0.15, -0.1) is 0 Å². The van der Waals surface area contributed by atoms with Gasteiger partial charge in [0.25, 0.3) is 0 Å². The van der Waals surface area contributed by atoms with E-state index in [0.29, 0.717) is 27.9 Å². The Kier molecular flexibility index (Phi) is 5.20. The van der Waals surface area contributed by atoms with Crippen LogP contribution in [-0.4, -0.2) is 53.1 Å². The molecule has 140 valence electrons. The highest BCUT2D eigenvalue weighted by molar-refractivity contribution is 6.30. The van der Waals surface area contributed by atoms with Crippen LogP contribution in [0.2, 0.25) is 5.02 Å². The van der Waals surface area contributed by atoms with Gasteiger partial charge in [0.05, 0.1) is 5.69 Å². The normalized spacial score (nSPS) is 14.7. The predicted octanol–water partition coefficient (Wildman–Crippen LogP) is 3.48. The highest BCUT2D eigenvalue weighted by Gasteiger charge is 2.23. The monoisotopic (exact) mass is 390 g/mol. The smallest absolute Gasteiger partial charge is 0.162 e. The topological polar surface area (TPSA) is 68.9 Å². The molecule has 1 saturated heterocycles. The molecule has 0 bridgehead atoms. The molecule has 7 heteroatoms. The van der Waals surface area contributed by atoms with Crippen LogP contribution in [0.15, 0.2) is 48.8 Å². The molecule has 3 heterocycles. The Hall–Kier alpha value is -3.01. The Morgan fingerprint density at radius 1 is 0.929 bits per heavy atom. The molecule has 1 fully saturated rings. The minimum atomic E-state index is 0.490. The van der Waals surface area contributed by atoms with Crippen LogP contribution in [-0.2, 0) is 0 Å². The van der Waals surface area contributed by atoms with Gasteiger partial charge >= 0.3 is 0 Å². The third kappa shape index (κ3) is 3.68. The number of piperazine rings is 1. The molecular formula is C21H19ClN6. The Balaban J connectivity index is 1.90. The van der Waals surface area contributed by atoms with E-state index in [1.807, 2.05) is 36.4 Å². The second-order valence-corrected chi connectivity index (χ2v) is 7.18. The SMILES string of the molecule is CN1CCN(c2nc(-c3ccncc3)nc(-c3ccc(Cl)cc3)c2C#N)CC1. The molecule has 0 atom stereocenters. The van der Waals surface area contributed by atoms with Gasteiger partial charge in [0, 0.05) is 54.7 Å². The Labute approximate surface area is 169 Å². The lowest BCUT2D eigenvalue weighted by molar-refractivity contribution is 0.312. The summed E-state index contributed by atoms with van der Waals surface area (Å²) in [5.41, 5.74) is 2.82. The highest BCUT2D eigenvalue weighted by atomic mass is 35.5. The van der Waals surface area contributed by atoms with E-state index in [1.165, 1.54) is 0 Å². The van der Waals surface area contributed by atoms with Crippen molar-refractivity contribution in [1.82, 2.24) is 19.9 Å². The third-order valence-electron chi connectivity index (χ3n) is 4.86. The fourth-order valence-corrected chi connectivity index (χ4v) is 3.37. The second-order valence-electron chi connectivity index (χ2n) is 6.74. The van der Waals surface area contributed by atoms with Crippen LogP contribution in [0.1, 0.15) is 5.56 Å². The highest BCUT2D eigenvalue weighted by Crippen LogP contribution is 2.32. The summed E-state index contributed by atoms with van der Waals surface area (Å²) in [6, 6.07) is 13.5. The van der Waals surface area contributed by atoms with Gasteiger partial charge < -0.3 is 9.80 Å². The van der Waals surface area contributed by atoms with Crippen LogP contribution in [0.4, 0.5) is 5.82 Å². The van der Waals surface area contributed by atoms with Gasteiger partial charge in [0.1, 0.15) is 11.6 Å². The zero-order valence-corrected chi connectivity index (χ0v) is 16.3. The Morgan fingerprint density at radius 3 is 2.25 bits per heavy atom. The van der Waals surface area contributed by atoms with E-state index in [9.17, 15) is 5.26 Å². The first-order valence-electron chi connectivity index (χ1n) is 9.07.